The molecule has 0 saturated carbocycles. The first-order valence-electron chi connectivity index (χ1n) is 6.08. The van der Waals surface area contributed by atoms with E-state index in [1.807, 2.05) is 36.4 Å². The second-order valence-corrected chi connectivity index (χ2v) is 5.06. The normalized spacial score (nSPS) is 9.95. The van der Waals surface area contributed by atoms with Crippen LogP contribution in [0.2, 0.25) is 0 Å². The Morgan fingerprint density at radius 3 is 2.79 bits per heavy atom. The molecule has 0 saturated heterocycles. The minimum Gasteiger partial charge on any atom is -0.366 e. The molecule has 1 aromatic carbocycles. The summed E-state index contributed by atoms with van der Waals surface area (Å²) in [4.78, 5) is 6.53. The molecule has 0 fully saturated rings. The average Bonchev–Trinajstić information content (AvgIpc) is 2.45. The number of halogens is 1. The van der Waals surface area contributed by atoms with E-state index >= 15 is 0 Å². The topological polar surface area (TPSA) is 39.9 Å². The van der Waals surface area contributed by atoms with Crippen LogP contribution >= 0.6 is 15.9 Å². The van der Waals surface area contributed by atoms with Crippen molar-refractivity contribution in [3.63, 3.8) is 0 Å². The number of pyridine rings is 1. The van der Waals surface area contributed by atoms with E-state index in [0.29, 0.717) is 5.56 Å². The lowest BCUT2D eigenvalue weighted by atomic mass is 10.2. The summed E-state index contributed by atoms with van der Waals surface area (Å²) >= 11 is 3.44. The third-order valence-electron chi connectivity index (χ3n) is 2.84. The monoisotopic (exact) mass is 315 g/mol. The van der Waals surface area contributed by atoms with Crippen molar-refractivity contribution in [1.29, 1.82) is 5.26 Å². The molecule has 2 rings (SSSR count). The van der Waals surface area contributed by atoms with E-state index in [4.69, 9.17) is 5.26 Å². The lowest BCUT2D eigenvalue weighted by molar-refractivity contribution is 0.809. The Bertz CT molecular complexity index is 590. The van der Waals surface area contributed by atoms with E-state index in [1.165, 1.54) is 0 Å². The molecule has 1 heterocycles. The second-order valence-electron chi connectivity index (χ2n) is 4.15. The van der Waals surface area contributed by atoms with Gasteiger partial charge in [0.2, 0.25) is 0 Å². The van der Waals surface area contributed by atoms with Crippen LogP contribution in [-0.4, -0.2) is 11.5 Å². The number of hydrogen-bond acceptors (Lipinski definition) is 3. The lowest BCUT2D eigenvalue weighted by Gasteiger charge is -2.23. The highest BCUT2D eigenvalue weighted by molar-refractivity contribution is 9.10. The van der Waals surface area contributed by atoms with Crippen molar-refractivity contribution in [2.75, 3.05) is 11.4 Å². The van der Waals surface area contributed by atoms with Gasteiger partial charge in [0.15, 0.2) is 0 Å². The summed E-state index contributed by atoms with van der Waals surface area (Å²) < 4.78 is 0.918. The molecule has 0 unspecified atom stereocenters. The van der Waals surface area contributed by atoms with Gasteiger partial charge in [0, 0.05) is 22.9 Å². The second kappa shape index (κ2) is 6.35. The Hall–Kier alpha value is -1.86. The summed E-state index contributed by atoms with van der Waals surface area (Å²) in [6.07, 6.45) is 1.80. The molecule has 0 atom stereocenters. The Balaban J connectivity index is 2.27. The van der Waals surface area contributed by atoms with Gasteiger partial charge in [0.25, 0.3) is 0 Å². The average molecular weight is 316 g/mol. The molecule has 2 aromatic rings. The fraction of sp³-hybridized carbons (Fsp3) is 0.200. The zero-order valence-electron chi connectivity index (χ0n) is 10.7. The maximum absolute atomic E-state index is 9.03. The Labute approximate surface area is 121 Å². The van der Waals surface area contributed by atoms with Crippen molar-refractivity contribution < 1.29 is 0 Å². The minimum atomic E-state index is 0.656. The number of nitriles is 1. The summed E-state index contributed by atoms with van der Waals surface area (Å²) in [5.74, 6) is 0. The van der Waals surface area contributed by atoms with E-state index < -0.39 is 0 Å². The summed E-state index contributed by atoms with van der Waals surface area (Å²) in [6.45, 7) is 3.69. The van der Waals surface area contributed by atoms with Crippen LogP contribution in [0.15, 0.2) is 47.1 Å². The summed E-state index contributed by atoms with van der Waals surface area (Å²) in [7, 11) is 0. The largest absolute Gasteiger partial charge is 0.366 e. The van der Waals surface area contributed by atoms with Crippen molar-refractivity contribution in [3.05, 3.63) is 58.3 Å². The molecule has 0 N–H and O–H groups in total. The van der Waals surface area contributed by atoms with Crippen LogP contribution in [-0.2, 0) is 6.54 Å². The third-order valence-corrected chi connectivity index (χ3v) is 3.30. The molecule has 0 aliphatic heterocycles. The van der Waals surface area contributed by atoms with Crippen LogP contribution in [0, 0.1) is 11.3 Å². The van der Waals surface area contributed by atoms with Crippen LogP contribution in [0.5, 0.6) is 0 Å². The van der Waals surface area contributed by atoms with Gasteiger partial charge in [0.1, 0.15) is 0 Å². The highest BCUT2D eigenvalue weighted by Gasteiger charge is 2.08. The number of aromatic nitrogens is 1. The molecule has 4 heteroatoms. The molecule has 96 valence electrons. The maximum atomic E-state index is 9.03. The highest BCUT2D eigenvalue weighted by Crippen LogP contribution is 2.23. The molecule has 0 aliphatic carbocycles. The van der Waals surface area contributed by atoms with Gasteiger partial charge < -0.3 is 4.90 Å². The van der Waals surface area contributed by atoms with E-state index in [0.717, 1.165) is 28.9 Å². The van der Waals surface area contributed by atoms with Crippen molar-refractivity contribution in [3.8, 4) is 6.07 Å². The summed E-state index contributed by atoms with van der Waals surface area (Å²) in [5, 5.41) is 9.03. The highest BCUT2D eigenvalue weighted by atomic mass is 79.9. The summed E-state index contributed by atoms with van der Waals surface area (Å²) in [6, 6.07) is 13.8. The van der Waals surface area contributed by atoms with Gasteiger partial charge in [-0.05, 0) is 37.3 Å². The third kappa shape index (κ3) is 3.55. The molecule has 0 aliphatic rings. The van der Waals surface area contributed by atoms with E-state index in [9.17, 15) is 0 Å². The smallest absolute Gasteiger partial charge is 0.0992 e. The number of nitrogens with zero attached hydrogens (tertiary/aromatic N) is 3. The van der Waals surface area contributed by atoms with Gasteiger partial charge in [-0.3, -0.25) is 4.98 Å². The molecule has 1 aromatic heterocycles. The van der Waals surface area contributed by atoms with Gasteiger partial charge in [-0.15, -0.1) is 0 Å². The first-order valence-corrected chi connectivity index (χ1v) is 6.87. The zero-order valence-corrected chi connectivity index (χ0v) is 12.3. The van der Waals surface area contributed by atoms with Crippen molar-refractivity contribution in [2.24, 2.45) is 0 Å². The molecule has 3 nitrogen and oxygen atoms in total. The van der Waals surface area contributed by atoms with Crippen molar-refractivity contribution >= 4 is 21.6 Å². The summed E-state index contributed by atoms with van der Waals surface area (Å²) in [5.41, 5.74) is 2.70. The number of anilines is 1. The lowest BCUT2D eigenvalue weighted by Crippen LogP contribution is -2.22. The van der Waals surface area contributed by atoms with Gasteiger partial charge in [-0.2, -0.15) is 5.26 Å². The first kappa shape index (κ1) is 13.6. The molecular formula is C15H14BrN3. The van der Waals surface area contributed by atoms with Crippen LogP contribution in [0.1, 0.15) is 18.2 Å². The van der Waals surface area contributed by atoms with Crippen LogP contribution in [0.25, 0.3) is 0 Å². The van der Waals surface area contributed by atoms with Crippen LogP contribution < -0.4 is 4.90 Å². The Morgan fingerprint density at radius 2 is 2.16 bits per heavy atom. The van der Waals surface area contributed by atoms with Gasteiger partial charge in [-0.25, -0.2) is 0 Å². The molecule has 0 radical (unpaired) electrons. The van der Waals surface area contributed by atoms with E-state index in [2.05, 4.69) is 38.8 Å². The van der Waals surface area contributed by atoms with Crippen LogP contribution in [0.4, 0.5) is 5.69 Å². The van der Waals surface area contributed by atoms with Gasteiger partial charge >= 0.3 is 0 Å². The first-order chi connectivity index (χ1) is 9.22. The predicted molar refractivity (Wildman–Crippen MR) is 79.8 cm³/mol. The number of rotatable bonds is 4. The van der Waals surface area contributed by atoms with E-state index in [-0.39, 0.29) is 0 Å². The molecule has 19 heavy (non-hydrogen) atoms. The standard InChI is InChI=1S/C15H14BrN3/c1-2-19(11-14-5-3-4-6-18-14)15-8-12(10-17)7-13(16)9-15/h3-9H,2,11H2,1H3. The fourth-order valence-electron chi connectivity index (χ4n) is 1.89. The molecule has 0 bridgehead atoms. The molecule has 0 spiro atoms. The van der Waals surface area contributed by atoms with Crippen LogP contribution in [0.3, 0.4) is 0 Å². The molecule has 0 amide bonds. The predicted octanol–water partition coefficient (Wildman–Crippen LogP) is 3.74. The van der Waals surface area contributed by atoms with E-state index in [1.54, 1.807) is 6.20 Å². The Morgan fingerprint density at radius 1 is 1.32 bits per heavy atom. The maximum Gasteiger partial charge on any atom is 0.0992 e. The van der Waals surface area contributed by atoms with Crippen molar-refractivity contribution in [1.82, 2.24) is 4.98 Å². The Kier molecular flexibility index (Phi) is 4.53. The van der Waals surface area contributed by atoms with Gasteiger partial charge in [-0.1, -0.05) is 22.0 Å². The number of benzene rings is 1. The zero-order chi connectivity index (χ0) is 13.7. The minimum absolute atomic E-state index is 0.656. The van der Waals surface area contributed by atoms with Gasteiger partial charge in [0.05, 0.1) is 23.9 Å². The van der Waals surface area contributed by atoms with Crippen molar-refractivity contribution in [2.45, 2.75) is 13.5 Å². The molecular weight excluding hydrogens is 302 g/mol. The SMILES string of the molecule is CCN(Cc1ccccn1)c1cc(Br)cc(C#N)c1. The fourth-order valence-corrected chi connectivity index (χ4v) is 2.38. The quantitative estimate of drug-likeness (QED) is 0.862. The number of hydrogen-bond donors (Lipinski definition) is 0.